The smallest absolute Gasteiger partial charge is 0.252 e. The predicted molar refractivity (Wildman–Crippen MR) is 63.8 cm³/mol. The Hall–Kier alpha value is -2.51. The molecule has 0 spiro atoms. The van der Waals surface area contributed by atoms with Crippen molar-refractivity contribution in [3.8, 4) is 0 Å². The molecule has 0 saturated carbocycles. The summed E-state index contributed by atoms with van der Waals surface area (Å²) in [5.74, 6) is 0.854. The van der Waals surface area contributed by atoms with Gasteiger partial charge >= 0.3 is 0 Å². The standard InChI is InChI=1S/C10H13N7O/c1-6(9-14-16-17-15-9)13-10(18)7-3-4-12-8(5-7)11-2/h3-6H,1-2H3,(H,11,12)(H,13,18)(H,14,15,16,17). The largest absolute Gasteiger partial charge is 0.373 e. The molecule has 0 fully saturated rings. The van der Waals surface area contributed by atoms with Crippen LogP contribution in [-0.4, -0.2) is 38.6 Å². The highest BCUT2D eigenvalue weighted by atomic mass is 16.1. The minimum absolute atomic E-state index is 0.216. The van der Waals surface area contributed by atoms with Crippen LogP contribution in [0.3, 0.4) is 0 Å². The van der Waals surface area contributed by atoms with Crippen molar-refractivity contribution in [3.05, 3.63) is 29.7 Å². The number of hydrogen-bond acceptors (Lipinski definition) is 6. The van der Waals surface area contributed by atoms with Gasteiger partial charge in [-0.15, -0.1) is 10.2 Å². The van der Waals surface area contributed by atoms with Gasteiger partial charge in [0.2, 0.25) is 0 Å². The van der Waals surface area contributed by atoms with Crippen LogP contribution in [0.1, 0.15) is 29.1 Å². The Kier molecular flexibility index (Phi) is 3.46. The van der Waals surface area contributed by atoms with Crippen molar-refractivity contribution in [2.45, 2.75) is 13.0 Å². The summed E-state index contributed by atoms with van der Waals surface area (Å²) >= 11 is 0. The quantitative estimate of drug-likeness (QED) is 0.708. The number of hydrogen-bond donors (Lipinski definition) is 3. The number of nitrogens with zero attached hydrogens (tertiary/aromatic N) is 4. The van der Waals surface area contributed by atoms with Crippen LogP contribution in [0.25, 0.3) is 0 Å². The number of aromatic amines is 1. The zero-order valence-electron chi connectivity index (χ0n) is 10.0. The molecule has 0 radical (unpaired) electrons. The first-order valence-corrected chi connectivity index (χ1v) is 5.38. The number of nitrogens with one attached hydrogen (secondary N) is 3. The van der Waals surface area contributed by atoms with Gasteiger partial charge < -0.3 is 10.6 Å². The van der Waals surface area contributed by atoms with Crippen molar-refractivity contribution in [2.75, 3.05) is 12.4 Å². The molecule has 2 rings (SSSR count). The molecule has 18 heavy (non-hydrogen) atoms. The molecule has 94 valence electrons. The molecule has 3 N–H and O–H groups in total. The van der Waals surface area contributed by atoms with E-state index < -0.39 is 0 Å². The van der Waals surface area contributed by atoms with E-state index in [1.54, 1.807) is 32.3 Å². The van der Waals surface area contributed by atoms with Gasteiger partial charge in [0.05, 0.1) is 6.04 Å². The number of amides is 1. The average Bonchev–Trinajstić information content (AvgIpc) is 2.92. The molecule has 0 saturated heterocycles. The minimum Gasteiger partial charge on any atom is -0.373 e. The second-order valence-corrected chi connectivity index (χ2v) is 3.64. The zero-order valence-corrected chi connectivity index (χ0v) is 10.0. The lowest BCUT2D eigenvalue weighted by atomic mass is 10.2. The van der Waals surface area contributed by atoms with E-state index in [1.807, 2.05) is 0 Å². The molecule has 0 aliphatic heterocycles. The van der Waals surface area contributed by atoms with Crippen LogP contribution < -0.4 is 10.6 Å². The maximum absolute atomic E-state index is 12.0. The van der Waals surface area contributed by atoms with Gasteiger partial charge in [-0.25, -0.2) is 4.98 Å². The van der Waals surface area contributed by atoms with Gasteiger partial charge in [-0.1, -0.05) is 5.21 Å². The molecule has 2 aromatic heterocycles. The van der Waals surface area contributed by atoms with Gasteiger partial charge in [0.25, 0.3) is 5.91 Å². The van der Waals surface area contributed by atoms with Crippen LogP contribution in [0, 0.1) is 0 Å². The number of carbonyl (C=O) groups excluding carboxylic acids is 1. The summed E-state index contributed by atoms with van der Waals surface area (Å²) in [6.45, 7) is 1.78. The van der Waals surface area contributed by atoms with Gasteiger partial charge in [0.15, 0.2) is 5.82 Å². The highest BCUT2D eigenvalue weighted by Crippen LogP contribution is 2.09. The Morgan fingerprint density at radius 2 is 2.33 bits per heavy atom. The maximum atomic E-state index is 12.0. The van der Waals surface area contributed by atoms with Crippen LogP contribution in [0.15, 0.2) is 18.3 Å². The molecule has 0 aliphatic carbocycles. The Balaban J connectivity index is 2.07. The van der Waals surface area contributed by atoms with Crippen LogP contribution in [0.2, 0.25) is 0 Å². The van der Waals surface area contributed by atoms with E-state index >= 15 is 0 Å². The van der Waals surface area contributed by atoms with Gasteiger partial charge in [0, 0.05) is 18.8 Å². The van der Waals surface area contributed by atoms with Gasteiger partial charge in [-0.05, 0) is 19.1 Å². The normalized spacial score (nSPS) is 11.9. The first-order valence-electron chi connectivity index (χ1n) is 5.38. The van der Waals surface area contributed by atoms with Gasteiger partial charge in [-0.3, -0.25) is 4.79 Å². The summed E-state index contributed by atoms with van der Waals surface area (Å²) in [4.78, 5) is 16.0. The van der Waals surface area contributed by atoms with E-state index in [0.717, 1.165) is 0 Å². The molecule has 0 aliphatic rings. The fourth-order valence-electron chi connectivity index (χ4n) is 1.41. The average molecular weight is 247 g/mol. The third-order valence-corrected chi connectivity index (χ3v) is 2.37. The Morgan fingerprint density at radius 1 is 1.50 bits per heavy atom. The highest BCUT2D eigenvalue weighted by Gasteiger charge is 2.14. The lowest BCUT2D eigenvalue weighted by molar-refractivity contribution is 0.0938. The highest BCUT2D eigenvalue weighted by molar-refractivity contribution is 5.94. The van der Waals surface area contributed by atoms with E-state index in [1.165, 1.54) is 0 Å². The molecule has 1 amide bonds. The topological polar surface area (TPSA) is 108 Å². The summed E-state index contributed by atoms with van der Waals surface area (Å²) in [7, 11) is 1.74. The van der Waals surface area contributed by atoms with Crippen molar-refractivity contribution in [2.24, 2.45) is 0 Å². The zero-order chi connectivity index (χ0) is 13.0. The van der Waals surface area contributed by atoms with Crippen LogP contribution in [0.4, 0.5) is 5.82 Å². The first kappa shape index (κ1) is 12.0. The predicted octanol–water partition coefficient (Wildman–Crippen LogP) is 0.127. The lowest BCUT2D eigenvalue weighted by Gasteiger charge is -2.10. The number of rotatable bonds is 4. The summed E-state index contributed by atoms with van der Waals surface area (Å²) in [5.41, 5.74) is 0.518. The van der Waals surface area contributed by atoms with Crippen LogP contribution in [0.5, 0.6) is 0 Å². The number of pyridine rings is 1. The molecule has 1 unspecified atom stereocenters. The second kappa shape index (κ2) is 5.21. The Morgan fingerprint density at radius 3 is 3.00 bits per heavy atom. The van der Waals surface area contributed by atoms with E-state index in [-0.39, 0.29) is 11.9 Å². The number of aromatic nitrogens is 5. The summed E-state index contributed by atoms with van der Waals surface area (Å²) < 4.78 is 0. The minimum atomic E-state index is -0.317. The number of H-pyrrole nitrogens is 1. The van der Waals surface area contributed by atoms with Crippen molar-refractivity contribution in [1.82, 2.24) is 30.9 Å². The maximum Gasteiger partial charge on any atom is 0.252 e. The Bertz CT molecular complexity index is 525. The molecular weight excluding hydrogens is 234 g/mol. The van der Waals surface area contributed by atoms with Crippen molar-refractivity contribution >= 4 is 11.7 Å². The summed E-state index contributed by atoms with van der Waals surface area (Å²) in [6, 6.07) is 2.99. The third-order valence-electron chi connectivity index (χ3n) is 2.37. The molecule has 8 nitrogen and oxygen atoms in total. The molecular formula is C10H13N7O. The summed E-state index contributed by atoms with van der Waals surface area (Å²) in [5, 5.41) is 19.0. The van der Waals surface area contributed by atoms with Crippen molar-refractivity contribution in [3.63, 3.8) is 0 Å². The molecule has 2 heterocycles. The number of tetrazole rings is 1. The monoisotopic (exact) mass is 247 g/mol. The molecule has 1 atom stereocenters. The van der Waals surface area contributed by atoms with E-state index in [4.69, 9.17) is 0 Å². The van der Waals surface area contributed by atoms with Crippen LogP contribution in [-0.2, 0) is 0 Å². The fourth-order valence-corrected chi connectivity index (χ4v) is 1.41. The van der Waals surface area contributed by atoms with Gasteiger partial charge in [0.1, 0.15) is 5.82 Å². The number of carbonyl (C=O) groups is 1. The number of anilines is 1. The fraction of sp³-hybridized carbons (Fsp3) is 0.300. The van der Waals surface area contributed by atoms with E-state index in [9.17, 15) is 4.79 Å². The molecule has 0 bridgehead atoms. The van der Waals surface area contributed by atoms with Crippen molar-refractivity contribution < 1.29 is 4.79 Å². The SMILES string of the molecule is CNc1cc(C(=O)NC(C)c2nn[nH]n2)ccn1. The molecule has 8 heteroatoms. The second-order valence-electron chi connectivity index (χ2n) is 3.64. The lowest BCUT2D eigenvalue weighted by Crippen LogP contribution is -2.27. The molecule has 2 aromatic rings. The Labute approximate surface area is 103 Å². The van der Waals surface area contributed by atoms with Gasteiger partial charge in [-0.2, -0.15) is 5.21 Å². The first-order chi connectivity index (χ1) is 8.70. The van der Waals surface area contributed by atoms with E-state index in [0.29, 0.717) is 17.2 Å². The molecule has 0 aromatic carbocycles. The summed E-state index contributed by atoms with van der Waals surface area (Å²) in [6.07, 6.45) is 1.57. The van der Waals surface area contributed by atoms with Crippen molar-refractivity contribution in [1.29, 1.82) is 0 Å². The van der Waals surface area contributed by atoms with Crippen LogP contribution >= 0.6 is 0 Å². The third kappa shape index (κ3) is 2.59. The van der Waals surface area contributed by atoms with E-state index in [2.05, 4.69) is 36.2 Å².